The number of aromatic nitrogens is 1. The minimum atomic E-state index is -0.874. The first-order chi connectivity index (χ1) is 10.6. The molecule has 0 aliphatic rings. The predicted octanol–water partition coefficient (Wildman–Crippen LogP) is 2.49. The monoisotopic (exact) mass is 300 g/mol. The summed E-state index contributed by atoms with van der Waals surface area (Å²) in [6, 6.07) is 10.6. The summed E-state index contributed by atoms with van der Waals surface area (Å²) < 4.78 is 5.11. The van der Waals surface area contributed by atoms with Gasteiger partial charge in [0.05, 0.1) is 6.61 Å². The summed E-state index contributed by atoms with van der Waals surface area (Å²) in [7, 11) is 3.42. The van der Waals surface area contributed by atoms with E-state index in [1.165, 1.54) is 0 Å². The van der Waals surface area contributed by atoms with E-state index < -0.39 is 12.0 Å². The van der Waals surface area contributed by atoms with Crippen LogP contribution in [0.15, 0.2) is 48.8 Å². The molecular weight excluding hydrogens is 280 g/mol. The maximum atomic E-state index is 11.7. The van der Waals surface area contributed by atoms with Gasteiger partial charge in [-0.1, -0.05) is 30.3 Å². The minimum absolute atomic E-state index is 0.465. The number of carboxylic acids is 1. The number of rotatable bonds is 7. The van der Waals surface area contributed by atoms with Crippen LogP contribution in [-0.2, 0) is 22.7 Å². The second-order valence-electron chi connectivity index (χ2n) is 5.20. The zero-order valence-electron chi connectivity index (χ0n) is 12.8. The first kappa shape index (κ1) is 16.1. The van der Waals surface area contributed by atoms with Crippen LogP contribution >= 0.6 is 0 Å². The van der Waals surface area contributed by atoms with E-state index >= 15 is 0 Å². The molecule has 0 fully saturated rings. The lowest BCUT2D eigenvalue weighted by atomic mass is 10.0. The normalized spacial score (nSPS) is 12.3. The Morgan fingerprint density at radius 2 is 2.09 bits per heavy atom. The van der Waals surface area contributed by atoms with Gasteiger partial charge in [-0.3, -0.25) is 14.7 Å². The van der Waals surface area contributed by atoms with Crippen molar-refractivity contribution in [2.24, 2.45) is 0 Å². The molecule has 2 rings (SSSR count). The van der Waals surface area contributed by atoms with Crippen molar-refractivity contribution in [1.82, 2.24) is 9.88 Å². The summed E-state index contributed by atoms with van der Waals surface area (Å²) in [4.78, 5) is 17.6. The summed E-state index contributed by atoms with van der Waals surface area (Å²) in [5, 5.41) is 9.61. The molecule has 22 heavy (non-hydrogen) atoms. The van der Waals surface area contributed by atoms with Gasteiger partial charge in [-0.25, -0.2) is 0 Å². The van der Waals surface area contributed by atoms with Crippen molar-refractivity contribution in [3.05, 3.63) is 65.5 Å². The van der Waals surface area contributed by atoms with Crippen LogP contribution in [-0.4, -0.2) is 35.1 Å². The van der Waals surface area contributed by atoms with Gasteiger partial charge < -0.3 is 9.84 Å². The molecule has 0 aliphatic carbocycles. The smallest absolute Gasteiger partial charge is 0.325 e. The number of nitrogens with zero attached hydrogens (tertiary/aromatic N) is 2. The number of pyridine rings is 1. The highest BCUT2D eigenvalue weighted by Crippen LogP contribution is 2.23. The Hall–Kier alpha value is -2.24. The first-order valence-corrected chi connectivity index (χ1v) is 7.01. The van der Waals surface area contributed by atoms with Crippen molar-refractivity contribution in [2.45, 2.75) is 19.2 Å². The van der Waals surface area contributed by atoms with Crippen LogP contribution in [0, 0.1) is 0 Å². The van der Waals surface area contributed by atoms with Gasteiger partial charge in [0.25, 0.3) is 0 Å². The molecule has 5 heteroatoms. The molecule has 0 bridgehead atoms. The number of likely N-dealkylation sites (N-methyl/N-ethyl adjacent to an activating group) is 1. The lowest BCUT2D eigenvalue weighted by molar-refractivity contribution is -0.143. The Morgan fingerprint density at radius 3 is 2.73 bits per heavy atom. The van der Waals surface area contributed by atoms with Gasteiger partial charge >= 0.3 is 5.97 Å². The Balaban J connectivity index is 2.22. The van der Waals surface area contributed by atoms with E-state index in [1.54, 1.807) is 31.5 Å². The Labute approximate surface area is 130 Å². The molecular formula is C17H20N2O3. The average Bonchev–Trinajstić information content (AvgIpc) is 2.48. The highest BCUT2D eigenvalue weighted by molar-refractivity contribution is 5.75. The quantitative estimate of drug-likeness (QED) is 0.851. The van der Waals surface area contributed by atoms with Gasteiger partial charge in [0.15, 0.2) is 0 Å². The molecule has 1 aromatic heterocycles. The third-order valence-electron chi connectivity index (χ3n) is 3.41. The fourth-order valence-corrected chi connectivity index (χ4v) is 2.48. The second-order valence-corrected chi connectivity index (χ2v) is 5.20. The summed E-state index contributed by atoms with van der Waals surface area (Å²) >= 11 is 0. The van der Waals surface area contributed by atoms with Crippen LogP contribution in [0.5, 0.6) is 0 Å². The van der Waals surface area contributed by atoms with E-state index in [0.29, 0.717) is 13.2 Å². The molecule has 0 unspecified atom stereocenters. The standard InChI is InChI=1S/C17H20N2O3/c1-19(11-14-6-4-8-18-10-14)16(17(20)21)15-7-3-5-13(9-15)12-22-2/h3-10,16H,11-12H2,1-2H3,(H,20,21)/t16-/m1/s1. The summed E-state index contributed by atoms with van der Waals surface area (Å²) in [5.74, 6) is -0.874. The Kier molecular flexibility index (Phi) is 5.63. The van der Waals surface area contributed by atoms with Crippen LogP contribution in [0.25, 0.3) is 0 Å². The predicted molar refractivity (Wildman–Crippen MR) is 83.2 cm³/mol. The van der Waals surface area contributed by atoms with Crippen LogP contribution in [0.2, 0.25) is 0 Å². The van der Waals surface area contributed by atoms with E-state index in [4.69, 9.17) is 4.74 Å². The van der Waals surface area contributed by atoms with Crippen LogP contribution in [0.4, 0.5) is 0 Å². The Bertz CT molecular complexity index is 616. The molecule has 0 spiro atoms. The topological polar surface area (TPSA) is 62.7 Å². The largest absolute Gasteiger partial charge is 0.480 e. The van der Waals surface area contributed by atoms with Gasteiger partial charge in [-0.05, 0) is 29.8 Å². The third-order valence-corrected chi connectivity index (χ3v) is 3.41. The highest BCUT2D eigenvalue weighted by Gasteiger charge is 2.25. The fourth-order valence-electron chi connectivity index (χ4n) is 2.48. The summed E-state index contributed by atoms with van der Waals surface area (Å²) in [6.45, 7) is 0.978. The number of ether oxygens (including phenoxy) is 1. The van der Waals surface area contributed by atoms with E-state index in [2.05, 4.69) is 4.98 Å². The fraction of sp³-hybridized carbons (Fsp3) is 0.294. The van der Waals surface area contributed by atoms with E-state index in [0.717, 1.165) is 16.7 Å². The van der Waals surface area contributed by atoms with Crippen LogP contribution in [0.1, 0.15) is 22.7 Å². The van der Waals surface area contributed by atoms with E-state index in [9.17, 15) is 9.90 Å². The number of hydrogen-bond donors (Lipinski definition) is 1. The van der Waals surface area contributed by atoms with Gasteiger partial charge in [0, 0.05) is 26.0 Å². The number of aliphatic carboxylic acids is 1. The van der Waals surface area contributed by atoms with Crippen molar-refractivity contribution >= 4 is 5.97 Å². The molecule has 1 heterocycles. The molecule has 0 saturated carbocycles. The van der Waals surface area contributed by atoms with Crippen molar-refractivity contribution in [3.63, 3.8) is 0 Å². The minimum Gasteiger partial charge on any atom is -0.480 e. The van der Waals surface area contributed by atoms with Gasteiger partial charge in [-0.15, -0.1) is 0 Å². The zero-order chi connectivity index (χ0) is 15.9. The number of carbonyl (C=O) groups is 1. The van der Waals surface area contributed by atoms with Crippen LogP contribution < -0.4 is 0 Å². The lowest BCUT2D eigenvalue weighted by Gasteiger charge is -2.25. The number of methoxy groups -OCH3 is 1. The van der Waals surface area contributed by atoms with Crippen LogP contribution in [0.3, 0.4) is 0 Å². The second kappa shape index (κ2) is 7.68. The molecule has 0 radical (unpaired) electrons. The number of benzene rings is 1. The molecule has 0 amide bonds. The summed E-state index contributed by atoms with van der Waals surface area (Å²) in [6.07, 6.45) is 3.45. The summed E-state index contributed by atoms with van der Waals surface area (Å²) in [5.41, 5.74) is 2.68. The average molecular weight is 300 g/mol. The molecule has 1 aromatic carbocycles. The zero-order valence-corrected chi connectivity index (χ0v) is 12.8. The molecule has 1 atom stereocenters. The number of hydrogen-bond acceptors (Lipinski definition) is 4. The molecule has 1 N–H and O–H groups in total. The Morgan fingerprint density at radius 1 is 1.32 bits per heavy atom. The molecule has 2 aromatic rings. The number of carboxylic acid groups (broad SMARTS) is 1. The van der Waals surface area contributed by atoms with Gasteiger partial charge in [0.1, 0.15) is 6.04 Å². The van der Waals surface area contributed by atoms with Crippen molar-refractivity contribution < 1.29 is 14.6 Å². The molecule has 0 saturated heterocycles. The maximum absolute atomic E-state index is 11.7. The molecule has 5 nitrogen and oxygen atoms in total. The molecule has 0 aliphatic heterocycles. The van der Waals surface area contributed by atoms with Crippen molar-refractivity contribution in [2.75, 3.05) is 14.2 Å². The first-order valence-electron chi connectivity index (χ1n) is 7.01. The van der Waals surface area contributed by atoms with Crippen molar-refractivity contribution in [1.29, 1.82) is 0 Å². The lowest BCUT2D eigenvalue weighted by Crippen LogP contribution is -2.30. The molecule has 116 valence electrons. The van der Waals surface area contributed by atoms with Gasteiger partial charge in [0.2, 0.25) is 0 Å². The van der Waals surface area contributed by atoms with E-state index in [-0.39, 0.29) is 0 Å². The van der Waals surface area contributed by atoms with Crippen molar-refractivity contribution in [3.8, 4) is 0 Å². The SMILES string of the molecule is COCc1cccc([C@H](C(=O)O)N(C)Cc2cccnc2)c1. The maximum Gasteiger partial charge on any atom is 0.325 e. The van der Waals surface area contributed by atoms with E-state index in [1.807, 2.05) is 36.4 Å². The highest BCUT2D eigenvalue weighted by atomic mass is 16.5. The third kappa shape index (κ3) is 4.13. The van der Waals surface area contributed by atoms with Gasteiger partial charge in [-0.2, -0.15) is 0 Å².